The lowest BCUT2D eigenvalue weighted by Crippen LogP contribution is -2.45. The Bertz CT molecular complexity index is 889. The molecule has 1 aromatic carbocycles. The van der Waals surface area contributed by atoms with E-state index in [1.807, 2.05) is 0 Å². The summed E-state index contributed by atoms with van der Waals surface area (Å²) in [6, 6.07) is 5.45. The maximum absolute atomic E-state index is 13.0. The summed E-state index contributed by atoms with van der Waals surface area (Å²) in [7, 11) is 1.49. The lowest BCUT2D eigenvalue weighted by molar-refractivity contribution is -0.157. The van der Waals surface area contributed by atoms with E-state index in [0.717, 1.165) is 11.3 Å². The molecular weight excluding hydrogens is 522 g/mol. The molecule has 0 spiro atoms. The van der Waals surface area contributed by atoms with E-state index in [1.54, 1.807) is 24.3 Å². The van der Waals surface area contributed by atoms with Gasteiger partial charge in [0.15, 0.2) is 12.4 Å². The summed E-state index contributed by atoms with van der Waals surface area (Å²) in [4.78, 5) is 52.2. The van der Waals surface area contributed by atoms with Gasteiger partial charge in [0, 0.05) is 15.2 Å². The number of methoxy groups -OCH3 is 1. The maximum Gasteiger partial charge on any atom is 0.329 e. The monoisotopic (exact) mass is 541 g/mol. The van der Waals surface area contributed by atoms with Crippen LogP contribution in [0.25, 0.3) is 0 Å². The van der Waals surface area contributed by atoms with Gasteiger partial charge in [0.1, 0.15) is 11.8 Å². The van der Waals surface area contributed by atoms with Gasteiger partial charge in [-0.15, -0.1) is 0 Å². The number of alkyl halides is 2. The summed E-state index contributed by atoms with van der Waals surface area (Å²) >= 11 is 7.27. The number of esters is 1. The number of amides is 2. The van der Waals surface area contributed by atoms with Gasteiger partial charge in [0.25, 0.3) is 0 Å². The van der Waals surface area contributed by atoms with Crippen LogP contribution in [-0.4, -0.2) is 57.9 Å². The zero-order valence-corrected chi connectivity index (χ0v) is 19.6. The van der Waals surface area contributed by atoms with E-state index in [-0.39, 0.29) is 33.3 Å². The minimum Gasteiger partial charge on any atom is -0.497 e. The van der Waals surface area contributed by atoms with Crippen molar-refractivity contribution in [3.8, 4) is 5.75 Å². The minimum atomic E-state index is -1.07. The van der Waals surface area contributed by atoms with E-state index < -0.39 is 36.2 Å². The Morgan fingerprint density at radius 3 is 2.30 bits per heavy atom. The molecule has 160 valence electrons. The fraction of sp³-hybridized carbons (Fsp3) is 0.524. The Hall–Kier alpha value is -1.74. The molecule has 1 saturated heterocycles. The van der Waals surface area contributed by atoms with Crippen molar-refractivity contribution < 1.29 is 28.7 Å². The molecule has 30 heavy (non-hydrogen) atoms. The third-order valence-corrected chi connectivity index (χ3v) is 9.69. The normalized spacial score (nSPS) is 32.9. The highest BCUT2D eigenvalue weighted by molar-refractivity contribution is 9.12. The van der Waals surface area contributed by atoms with E-state index >= 15 is 0 Å². The van der Waals surface area contributed by atoms with Crippen molar-refractivity contribution in [2.45, 2.75) is 29.0 Å². The number of ketones is 1. The quantitative estimate of drug-likeness (QED) is 0.237. The number of fused-ring (bicyclic) bond motifs is 5. The average molecular weight is 543 g/mol. The molecule has 0 aromatic heterocycles. The second-order valence-corrected chi connectivity index (χ2v) is 10.1. The first-order valence-electron chi connectivity index (χ1n) is 9.75. The van der Waals surface area contributed by atoms with Gasteiger partial charge in [-0.05, 0) is 37.3 Å². The van der Waals surface area contributed by atoms with Crippen LogP contribution in [0.5, 0.6) is 5.75 Å². The molecule has 3 fully saturated rings. The number of carbonyl (C=O) groups is 4. The van der Waals surface area contributed by atoms with E-state index in [9.17, 15) is 19.2 Å². The Morgan fingerprint density at radius 1 is 1.13 bits per heavy atom. The van der Waals surface area contributed by atoms with Gasteiger partial charge in [-0.3, -0.25) is 19.3 Å². The number of Topliss-reactive ketones (excluding diaryl/α,β-unsaturated/α-hetero) is 1. The first-order valence-corrected chi connectivity index (χ1v) is 11.6. The third kappa shape index (κ3) is 3.30. The van der Waals surface area contributed by atoms with Gasteiger partial charge in [-0.25, -0.2) is 4.79 Å². The van der Waals surface area contributed by atoms with E-state index in [0.29, 0.717) is 11.3 Å². The fourth-order valence-electron chi connectivity index (χ4n) is 5.00. The first kappa shape index (κ1) is 21.5. The van der Waals surface area contributed by atoms with Crippen LogP contribution in [0.4, 0.5) is 0 Å². The highest BCUT2D eigenvalue weighted by atomic mass is 79.9. The molecule has 4 rings (SSSR count). The molecule has 9 heteroatoms. The number of ether oxygens (including phenoxy) is 2. The molecule has 2 saturated carbocycles. The summed E-state index contributed by atoms with van der Waals surface area (Å²) < 4.78 is 10.2. The highest BCUT2D eigenvalue weighted by Crippen LogP contribution is 2.60. The van der Waals surface area contributed by atoms with Crippen molar-refractivity contribution in [2.24, 2.45) is 23.7 Å². The smallest absolute Gasteiger partial charge is 0.329 e. The Morgan fingerprint density at radius 2 is 1.73 bits per heavy atom. The molecular formula is C21H21Br2NO6. The third-order valence-electron chi connectivity index (χ3n) is 6.49. The second-order valence-electron chi connectivity index (χ2n) is 7.99. The highest BCUT2D eigenvalue weighted by Gasteiger charge is 2.67. The number of likely N-dealkylation sites (tertiary alicyclic amines) is 1. The van der Waals surface area contributed by atoms with E-state index in [2.05, 4.69) is 31.9 Å². The topological polar surface area (TPSA) is 90.0 Å². The number of halogens is 2. The van der Waals surface area contributed by atoms with Crippen LogP contribution in [0.2, 0.25) is 0 Å². The molecule has 0 radical (unpaired) electrons. The van der Waals surface area contributed by atoms with Crippen LogP contribution in [-0.2, 0) is 19.1 Å². The number of carbonyl (C=O) groups excluding carboxylic acids is 4. The number of nitrogens with zero attached hydrogens (tertiary/aromatic N) is 1. The zero-order valence-electron chi connectivity index (χ0n) is 16.4. The van der Waals surface area contributed by atoms with Crippen molar-refractivity contribution in [3.05, 3.63) is 29.8 Å². The average Bonchev–Trinajstić information content (AvgIpc) is 3.36. The molecule has 2 bridgehead atoms. The van der Waals surface area contributed by atoms with Gasteiger partial charge >= 0.3 is 5.97 Å². The van der Waals surface area contributed by atoms with Crippen molar-refractivity contribution >= 4 is 55.4 Å². The Kier molecular flexibility index (Phi) is 5.78. The van der Waals surface area contributed by atoms with Crippen molar-refractivity contribution in [1.29, 1.82) is 0 Å². The predicted molar refractivity (Wildman–Crippen MR) is 114 cm³/mol. The molecule has 1 heterocycles. The van der Waals surface area contributed by atoms with Crippen LogP contribution < -0.4 is 4.74 Å². The molecule has 1 aliphatic heterocycles. The molecule has 2 aliphatic carbocycles. The van der Waals surface area contributed by atoms with Crippen molar-refractivity contribution in [3.63, 3.8) is 0 Å². The fourth-order valence-corrected chi connectivity index (χ4v) is 6.87. The van der Waals surface area contributed by atoms with Gasteiger partial charge in [0.05, 0.1) is 18.9 Å². The van der Waals surface area contributed by atoms with Crippen LogP contribution in [0.15, 0.2) is 24.3 Å². The molecule has 0 unspecified atom stereocenters. The molecule has 1 aromatic rings. The van der Waals surface area contributed by atoms with Gasteiger partial charge in [0.2, 0.25) is 11.8 Å². The second kappa shape index (κ2) is 8.07. The Labute approximate surface area is 190 Å². The predicted octanol–water partition coefficient (Wildman–Crippen LogP) is 2.59. The summed E-state index contributed by atoms with van der Waals surface area (Å²) in [6.07, 6.45) is 0.820. The van der Waals surface area contributed by atoms with Gasteiger partial charge in [-0.2, -0.15) is 0 Å². The molecule has 3 aliphatic rings. The number of rotatable bonds is 6. The summed E-state index contributed by atoms with van der Waals surface area (Å²) in [5.41, 5.74) is 0.348. The molecule has 0 N–H and O–H groups in total. The Balaban J connectivity index is 1.41. The van der Waals surface area contributed by atoms with Crippen molar-refractivity contribution in [2.75, 3.05) is 13.7 Å². The van der Waals surface area contributed by atoms with Crippen LogP contribution in [0.1, 0.15) is 23.7 Å². The number of benzene rings is 1. The standard InChI is InChI=1S/C21H21Br2NO6/c1-9(21(28)30-8-14(25)10-4-3-5-11(6-10)29-2)24-19(26)15-12-7-13(16(15)20(24)27)18(23)17(12)22/h3-6,9,12-13,15-18H,7-8H2,1-2H3/t9-,12-,13-,15-,16+,17-,18+/m0/s1. The first-order chi connectivity index (χ1) is 14.3. The zero-order chi connectivity index (χ0) is 21.7. The summed E-state index contributed by atoms with van der Waals surface area (Å²) in [6.45, 7) is 0.992. The molecule has 7 nitrogen and oxygen atoms in total. The number of imide groups is 1. The lowest BCUT2D eigenvalue weighted by atomic mass is 9.81. The van der Waals surface area contributed by atoms with Gasteiger partial charge in [-0.1, -0.05) is 44.0 Å². The lowest BCUT2D eigenvalue weighted by Gasteiger charge is -2.28. The van der Waals surface area contributed by atoms with Crippen LogP contribution >= 0.6 is 31.9 Å². The van der Waals surface area contributed by atoms with Crippen LogP contribution in [0.3, 0.4) is 0 Å². The van der Waals surface area contributed by atoms with E-state index in [1.165, 1.54) is 14.0 Å². The maximum atomic E-state index is 13.0. The molecule has 2 amide bonds. The van der Waals surface area contributed by atoms with Crippen molar-refractivity contribution in [1.82, 2.24) is 4.90 Å². The van der Waals surface area contributed by atoms with Gasteiger partial charge < -0.3 is 9.47 Å². The number of hydrogen-bond donors (Lipinski definition) is 0. The SMILES string of the molecule is COc1cccc(C(=O)COC(=O)[C@H](C)N2C(=O)[C@@H]3[C@@H]4C[C@H]([C@H](Br)[C@@H]4Br)[C@@H]3C2=O)c1. The largest absolute Gasteiger partial charge is 0.497 e. The summed E-state index contributed by atoms with van der Waals surface area (Å²) in [5, 5.41) is 0. The van der Waals surface area contributed by atoms with E-state index in [4.69, 9.17) is 9.47 Å². The van der Waals surface area contributed by atoms with Crippen LogP contribution in [0, 0.1) is 23.7 Å². The molecule has 7 atom stereocenters. The minimum absolute atomic E-state index is 0.0729. The summed E-state index contributed by atoms with van der Waals surface area (Å²) in [5.74, 6) is -1.92. The number of hydrogen-bond acceptors (Lipinski definition) is 6.